The molecule has 4 atom stereocenters. The second-order valence-corrected chi connectivity index (χ2v) is 7.26. The number of ether oxygens (including phenoxy) is 1. The lowest BCUT2D eigenvalue weighted by atomic mass is 9.64. The molecular weight excluding hydrogens is 264 g/mol. The van der Waals surface area contributed by atoms with Crippen LogP contribution in [-0.4, -0.2) is 34.6 Å². The quantitative estimate of drug-likeness (QED) is 0.738. The molecule has 3 heteroatoms. The van der Waals surface area contributed by atoms with E-state index >= 15 is 0 Å². The Morgan fingerprint density at radius 2 is 2.10 bits per heavy atom. The molecule has 2 aliphatic carbocycles. The molecule has 0 aromatic carbocycles. The summed E-state index contributed by atoms with van der Waals surface area (Å²) in [5, 5.41) is 20.6. The van der Waals surface area contributed by atoms with Gasteiger partial charge in [0.05, 0.1) is 24.4 Å². The van der Waals surface area contributed by atoms with Crippen LogP contribution in [0, 0.1) is 11.3 Å². The Labute approximate surface area is 129 Å². The summed E-state index contributed by atoms with van der Waals surface area (Å²) in [4.78, 5) is 0. The number of hydrogen-bond acceptors (Lipinski definition) is 3. The van der Waals surface area contributed by atoms with Crippen molar-refractivity contribution in [2.24, 2.45) is 11.3 Å². The van der Waals surface area contributed by atoms with Crippen LogP contribution >= 0.6 is 0 Å². The predicted octanol–water partition coefficient (Wildman–Crippen LogP) is 3.44. The third-order valence-corrected chi connectivity index (χ3v) is 6.09. The van der Waals surface area contributed by atoms with Crippen molar-refractivity contribution in [2.45, 2.75) is 84.0 Å². The van der Waals surface area contributed by atoms with Crippen molar-refractivity contribution in [1.29, 1.82) is 0 Å². The van der Waals surface area contributed by atoms with Crippen LogP contribution in [0.3, 0.4) is 0 Å². The van der Waals surface area contributed by atoms with Crippen molar-refractivity contribution in [3.63, 3.8) is 0 Å². The number of aliphatic hydroxyl groups is 2. The minimum atomic E-state index is -0.709. The van der Waals surface area contributed by atoms with Crippen LogP contribution < -0.4 is 0 Å². The largest absolute Gasteiger partial charge is 0.393 e. The fourth-order valence-corrected chi connectivity index (χ4v) is 4.21. The first-order chi connectivity index (χ1) is 9.86. The van der Waals surface area contributed by atoms with E-state index in [-0.39, 0.29) is 17.6 Å². The van der Waals surface area contributed by atoms with E-state index in [2.05, 4.69) is 19.9 Å². The summed E-state index contributed by atoms with van der Waals surface area (Å²) in [6.45, 7) is 8.76. The van der Waals surface area contributed by atoms with Crippen molar-refractivity contribution in [3.05, 3.63) is 11.6 Å². The summed E-state index contributed by atoms with van der Waals surface area (Å²) in [5.41, 5.74) is 0.703. The molecule has 3 nitrogen and oxygen atoms in total. The van der Waals surface area contributed by atoms with Gasteiger partial charge >= 0.3 is 0 Å². The molecule has 0 radical (unpaired) electrons. The Bertz CT molecular complexity index is 386. The lowest BCUT2D eigenvalue weighted by Crippen LogP contribution is -2.41. The number of hydrogen-bond donors (Lipinski definition) is 2. The van der Waals surface area contributed by atoms with Crippen LogP contribution in [0.2, 0.25) is 0 Å². The molecular formula is C18H32O3. The van der Waals surface area contributed by atoms with Gasteiger partial charge in [0.15, 0.2) is 0 Å². The molecule has 0 aromatic heterocycles. The molecule has 3 unspecified atom stereocenters. The van der Waals surface area contributed by atoms with Crippen molar-refractivity contribution in [3.8, 4) is 0 Å². The first-order valence-electron chi connectivity index (χ1n) is 8.59. The average Bonchev–Trinajstić information content (AvgIpc) is 2.83. The molecule has 0 aliphatic heterocycles. The fourth-order valence-electron chi connectivity index (χ4n) is 4.21. The number of allylic oxidation sites excluding steroid dienone is 1. The van der Waals surface area contributed by atoms with Crippen molar-refractivity contribution in [2.75, 3.05) is 6.61 Å². The number of aliphatic hydroxyl groups excluding tert-OH is 1. The van der Waals surface area contributed by atoms with Gasteiger partial charge in [-0.05, 0) is 62.4 Å². The van der Waals surface area contributed by atoms with Crippen molar-refractivity contribution >= 4 is 0 Å². The Kier molecular flexibility index (Phi) is 5.17. The van der Waals surface area contributed by atoms with E-state index in [1.807, 2.05) is 13.8 Å². The predicted molar refractivity (Wildman–Crippen MR) is 85.1 cm³/mol. The maximum atomic E-state index is 10.4. The standard InChI is InChI=1S/C18H32O3/c1-5-18(20,6-2)12-21-13(3)14-9-10-15-16(19)8-7-11-17(14,15)4/h9,13,15-16,19-20H,5-8,10-12H2,1-4H3/t13-,15?,16?,17?/m0/s1. The summed E-state index contributed by atoms with van der Waals surface area (Å²) in [5.74, 6) is 0.350. The lowest BCUT2D eigenvalue weighted by Gasteiger charge is -2.43. The van der Waals surface area contributed by atoms with Gasteiger partial charge in [0.25, 0.3) is 0 Å². The summed E-state index contributed by atoms with van der Waals surface area (Å²) in [6, 6.07) is 0. The highest BCUT2D eigenvalue weighted by molar-refractivity contribution is 5.27. The van der Waals surface area contributed by atoms with Gasteiger partial charge in [0.2, 0.25) is 0 Å². The van der Waals surface area contributed by atoms with Crippen LogP contribution in [0.1, 0.15) is 66.2 Å². The van der Waals surface area contributed by atoms with E-state index in [1.54, 1.807) is 0 Å². The fraction of sp³-hybridized carbons (Fsp3) is 0.889. The zero-order chi connectivity index (χ0) is 15.7. The van der Waals surface area contributed by atoms with Gasteiger partial charge in [-0.25, -0.2) is 0 Å². The molecule has 0 bridgehead atoms. The first-order valence-corrected chi connectivity index (χ1v) is 8.59. The molecule has 2 aliphatic rings. The van der Waals surface area contributed by atoms with E-state index in [9.17, 15) is 10.2 Å². The highest BCUT2D eigenvalue weighted by atomic mass is 16.5. The Balaban J connectivity index is 2.01. The molecule has 1 saturated carbocycles. The molecule has 0 heterocycles. The summed E-state index contributed by atoms with van der Waals surface area (Å²) in [7, 11) is 0. The SMILES string of the molecule is CCC(O)(CC)CO[C@@H](C)C1=CCC2C(O)CCCC12C. The monoisotopic (exact) mass is 296 g/mol. The summed E-state index contributed by atoms with van der Waals surface area (Å²) in [6.07, 6.45) is 7.69. The zero-order valence-corrected chi connectivity index (χ0v) is 14.1. The normalized spacial score (nSPS) is 34.5. The topological polar surface area (TPSA) is 49.7 Å². The van der Waals surface area contributed by atoms with Gasteiger partial charge in [0, 0.05) is 0 Å². The summed E-state index contributed by atoms with van der Waals surface area (Å²) < 4.78 is 6.02. The molecule has 1 fully saturated rings. The third-order valence-electron chi connectivity index (χ3n) is 6.09. The maximum absolute atomic E-state index is 10.4. The minimum Gasteiger partial charge on any atom is -0.393 e. The molecule has 2 rings (SSSR count). The second-order valence-electron chi connectivity index (χ2n) is 7.26. The third kappa shape index (κ3) is 3.20. The van der Waals surface area contributed by atoms with Gasteiger partial charge < -0.3 is 14.9 Å². The Hall–Kier alpha value is -0.380. The highest BCUT2D eigenvalue weighted by Crippen LogP contribution is 2.53. The molecule has 2 N–H and O–H groups in total. The molecule has 21 heavy (non-hydrogen) atoms. The van der Waals surface area contributed by atoms with Crippen LogP contribution in [0.25, 0.3) is 0 Å². The molecule has 0 saturated heterocycles. The summed E-state index contributed by atoms with van der Waals surface area (Å²) >= 11 is 0. The van der Waals surface area contributed by atoms with Gasteiger partial charge in [0.1, 0.15) is 0 Å². The first kappa shape index (κ1) is 17.0. The second kappa shape index (κ2) is 6.39. The van der Waals surface area contributed by atoms with Crippen molar-refractivity contribution in [1.82, 2.24) is 0 Å². The Morgan fingerprint density at radius 3 is 2.71 bits per heavy atom. The lowest BCUT2D eigenvalue weighted by molar-refractivity contribution is -0.0723. The van der Waals surface area contributed by atoms with Crippen LogP contribution in [0.5, 0.6) is 0 Å². The minimum absolute atomic E-state index is 0.0231. The van der Waals surface area contributed by atoms with E-state index in [1.165, 1.54) is 5.57 Å². The van der Waals surface area contributed by atoms with E-state index in [0.717, 1.165) is 25.7 Å². The maximum Gasteiger partial charge on any atom is 0.0875 e. The van der Waals surface area contributed by atoms with Gasteiger partial charge in [-0.1, -0.05) is 26.8 Å². The van der Waals surface area contributed by atoms with Crippen LogP contribution in [0.15, 0.2) is 11.6 Å². The molecule has 0 amide bonds. The Morgan fingerprint density at radius 1 is 1.43 bits per heavy atom. The van der Waals surface area contributed by atoms with Crippen molar-refractivity contribution < 1.29 is 14.9 Å². The van der Waals surface area contributed by atoms with Crippen LogP contribution in [0.4, 0.5) is 0 Å². The van der Waals surface area contributed by atoms with Gasteiger partial charge in [-0.2, -0.15) is 0 Å². The number of fused-ring (bicyclic) bond motifs is 1. The molecule has 0 aromatic rings. The zero-order valence-electron chi connectivity index (χ0n) is 14.1. The van der Waals surface area contributed by atoms with E-state index < -0.39 is 5.60 Å². The average molecular weight is 296 g/mol. The van der Waals surface area contributed by atoms with E-state index in [0.29, 0.717) is 25.4 Å². The number of rotatable bonds is 6. The highest BCUT2D eigenvalue weighted by Gasteiger charge is 2.48. The van der Waals surface area contributed by atoms with Gasteiger partial charge in [-0.3, -0.25) is 0 Å². The smallest absolute Gasteiger partial charge is 0.0875 e. The van der Waals surface area contributed by atoms with Gasteiger partial charge in [-0.15, -0.1) is 0 Å². The van der Waals surface area contributed by atoms with E-state index in [4.69, 9.17) is 4.74 Å². The molecule has 0 spiro atoms. The molecule has 122 valence electrons. The van der Waals surface area contributed by atoms with Crippen LogP contribution in [-0.2, 0) is 4.74 Å².